The van der Waals surface area contributed by atoms with Gasteiger partial charge in [-0.1, -0.05) is 12.2 Å². The van der Waals surface area contributed by atoms with Crippen LogP contribution in [-0.2, 0) is 4.79 Å². The van der Waals surface area contributed by atoms with Crippen molar-refractivity contribution in [1.29, 1.82) is 0 Å². The lowest BCUT2D eigenvalue weighted by atomic mass is 10.3. The molecule has 0 radical (unpaired) electrons. The number of carbonyl (C=O) groups is 1. The second-order valence-electron chi connectivity index (χ2n) is 1.71. The van der Waals surface area contributed by atoms with Gasteiger partial charge in [-0.2, -0.15) is 0 Å². The minimum atomic E-state index is -1.05. The molecule has 3 nitrogen and oxygen atoms in total. The van der Waals surface area contributed by atoms with Crippen molar-refractivity contribution in [1.82, 2.24) is 0 Å². The molecule has 0 aromatic carbocycles. The van der Waals surface area contributed by atoms with E-state index in [2.05, 4.69) is 0 Å². The number of aliphatic hydroxyl groups is 1. The SMILES string of the molecule is CC=CC(O)C=CC(=O)O. The summed E-state index contributed by atoms with van der Waals surface area (Å²) in [5.74, 6) is -1.05. The maximum atomic E-state index is 9.89. The zero-order valence-corrected chi connectivity index (χ0v) is 5.69. The normalized spacial score (nSPS) is 14.6. The molecule has 0 fully saturated rings. The minimum absolute atomic E-state index is 0.791. The zero-order valence-electron chi connectivity index (χ0n) is 5.69. The quantitative estimate of drug-likeness (QED) is 0.447. The van der Waals surface area contributed by atoms with Gasteiger partial charge in [0.1, 0.15) is 0 Å². The van der Waals surface area contributed by atoms with E-state index < -0.39 is 12.1 Å². The van der Waals surface area contributed by atoms with Crippen molar-refractivity contribution in [2.24, 2.45) is 0 Å². The molecule has 56 valence electrons. The third-order valence-corrected chi connectivity index (χ3v) is 0.826. The van der Waals surface area contributed by atoms with E-state index in [0.717, 1.165) is 6.08 Å². The van der Waals surface area contributed by atoms with Crippen LogP contribution in [0.25, 0.3) is 0 Å². The molecular formula is C7H10O3. The van der Waals surface area contributed by atoms with Crippen molar-refractivity contribution in [3.05, 3.63) is 24.3 Å². The number of allylic oxidation sites excluding steroid dienone is 1. The van der Waals surface area contributed by atoms with Crippen LogP contribution >= 0.6 is 0 Å². The Kier molecular flexibility index (Phi) is 4.24. The molecule has 0 rings (SSSR count). The van der Waals surface area contributed by atoms with E-state index in [1.54, 1.807) is 13.0 Å². The fraction of sp³-hybridized carbons (Fsp3) is 0.286. The van der Waals surface area contributed by atoms with Crippen LogP contribution in [0.15, 0.2) is 24.3 Å². The first-order valence-electron chi connectivity index (χ1n) is 2.89. The van der Waals surface area contributed by atoms with Crippen molar-refractivity contribution in [3.8, 4) is 0 Å². The number of carboxylic acids is 1. The summed E-state index contributed by atoms with van der Waals surface area (Å²) < 4.78 is 0. The smallest absolute Gasteiger partial charge is 0.328 e. The topological polar surface area (TPSA) is 57.5 Å². The van der Waals surface area contributed by atoms with E-state index in [4.69, 9.17) is 10.2 Å². The Bertz CT molecular complexity index is 158. The Labute approximate surface area is 59.3 Å². The van der Waals surface area contributed by atoms with E-state index in [-0.39, 0.29) is 0 Å². The maximum absolute atomic E-state index is 9.89. The summed E-state index contributed by atoms with van der Waals surface area (Å²) in [4.78, 5) is 9.89. The molecule has 0 aliphatic heterocycles. The van der Waals surface area contributed by atoms with Gasteiger partial charge in [-0.3, -0.25) is 0 Å². The molecule has 0 aromatic heterocycles. The molecule has 0 aliphatic carbocycles. The third-order valence-electron chi connectivity index (χ3n) is 0.826. The van der Waals surface area contributed by atoms with Crippen molar-refractivity contribution in [2.75, 3.05) is 0 Å². The van der Waals surface area contributed by atoms with Gasteiger partial charge in [0.15, 0.2) is 0 Å². The highest BCUT2D eigenvalue weighted by Crippen LogP contribution is 1.87. The van der Waals surface area contributed by atoms with Crippen LogP contribution in [0, 0.1) is 0 Å². The zero-order chi connectivity index (χ0) is 7.98. The molecule has 0 bridgehead atoms. The van der Waals surface area contributed by atoms with E-state index in [9.17, 15) is 4.79 Å². The Balaban J connectivity index is 3.77. The van der Waals surface area contributed by atoms with E-state index >= 15 is 0 Å². The second kappa shape index (κ2) is 4.76. The summed E-state index contributed by atoms with van der Waals surface area (Å²) >= 11 is 0. The Morgan fingerprint density at radius 1 is 1.50 bits per heavy atom. The molecule has 0 heterocycles. The lowest BCUT2D eigenvalue weighted by molar-refractivity contribution is -0.131. The Morgan fingerprint density at radius 2 is 2.10 bits per heavy atom. The molecule has 2 N–H and O–H groups in total. The summed E-state index contributed by atoms with van der Waals surface area (Å²) in [7, 11) is 0. The van der Waals surface area contributed by atoms with Gasteiger partial charge in [0.2, 0.25) is 0 Å². The lowest BCUT2D eigenvalue weighted by Gasteiger charge is -1.92. The number of hydrogen-bond donors (Lipinski definition) is 2. The van der Waals surface area contributed by atoms with Gasteiger partial charge in [0.25, 0.3) is 0 Å². The molecule has 10 heavy (non-hydrogen) atoms. The first-order chi connectivity index (χ1) is 4.66. The summed E-state index contributed by atoms with van der Waals surface area (Å²) in [5.41, 5.74) is 0. The fourth-order valence-corrected chi connectivity index (χ4v) is 0.442. The van der Waals surface area contributed by atoms with E-state index in [1.165, 1.54) is 12.2 Å². The second-order valence-corrected chi connectivity index (χ2v) is 1.71. The van der Waals surface area contributed by atoms with Crippen molar-refractivity contribution >= 4 is 5.97 Å². The molecule has 0 aromatic rings. The van der Waals surface area contributed by atoms with Gasteiger partial charge in [0, 0.05) is 6.08 Å². The molecule has 1 atom stereocenters. The Hall–Kier alpha value is -1.09. The number of aliphatic carboxylic acids is 1. The maximum Gasteiger partial charge on any atom is 0.328 e. The van der Waals surface area contributed by atoms with Gasteiger partial charge >= 0.3 is 5.97 Å². The third kappa shape index (κ3) is 5.05. The molecular weight excluding hydrogens is 132 g/mol. The average molecular weight is 142 g/mol. The van der Waals surface area contributed by atoms with Gasteiger partial charge < -0.3 is 10.2 Å². The summed E-state index contributed by atoms with van der Waals surface area (Å²) in [6.45, 7) is 1.75. The molecule has 0 saturated heterocycles. The fourth-order valence-electron chi connectivity index (χ4n) is 0.442. The summed E-state index contributed by atoms with van der Waals surface area (Å²) in [6, 6.07) is 0. The van der Waals surface area contributed by atoms with Crippen LogP contribution < -0.4 is 0 Å². The standard InChI is InChI=1S/C7H10O3/c1-2-3-6(8)4-5-7(9)10/h2-6,8H,1H3,(H,9,10). The van der Waals surface area contributed by atoms with E-state index in [1.807, 2.05) is 0 Å². The van der Waals surface area contributed by atoms with Crippen molar-refractivity contribution in [2.45, 2.75) is 13.0 Å². The van der Waals surface area contributed by atoms with Gasteiger partial charge in [0.05, 0.1) is 6.10 Å². The van der Waals surface area contributed by atoms with Crippen LogP contribution in [0.3, 0.4) is 0 Å². The molecule has 0 spiro atoms. The monoisotopic (exact) mass is 142 g/mol. The molecule has 1 unspecified atom stereocenters. The van der Waals surface area contributed by atoms with Crippen LogP contribution in [0.2, 0.25) is 0 Å². The number of carboxylic acid groups (broad SMARTS) is 1. The lowest BCUT2D eigenvalue weighted by Crippen LogP contribution is -1.97. The van der Waals surface area contributed by atoms with Crippen LogP contribution in [0.4, 0.5) is 0 Å². The molecule has 3 heteroatoms. The highest BCUT2D eigenvalue weighted by Gasteiger charge is 1.91. The number of aliphatic hydroxyl groups excluding tert-OH is 1. The van der Waals surface area contributed by atoms with Crippen molar-refractivity contribution < 1.29 is 15.0 Å². The van der Waals surface area contributed by atoms with Gasteiger partial charge in [-0.05, 0) is 13.0 Å². The highest BCUT2D eigenvalue weighted by atomic mass is 16.4. The Morgan fingerprint density at radius 3 is 2.50 bits per heavy atom. The predicted molar refractivity (Wildman–Crippen MR) is 37.6 cm³/mol. The van der Waals surface area contributed by atoms with Gasteiger partial charge in [-0.25, -0.2) is 4.79 Å². The first-order valence-corrected chi connectivity index (χ1v) is 2.89. The summed E-state index contributed by atoms with van der Waals surface area (Å²) in [6.07, 6.45) is 4.45. The predicted octanol–water partition coefficient (Wildman–Crippen LogP) is 0.564. The average Bonchev–Trinajstić information content (AvgIpc) is 1.85. The van der Waals surface area contributed by atoms with Crippen LogP contribution in [-0.4, -0.2) is 22.3 Å². The molecule has 0 aliphatic rings. The first kappa shape index (κ1) is 8.91. The van der Waals surface area contributed by atoms with Crippen molar-refractivity contribution in [3.63, 3.8) is 0 Å². The summed E-state index contributed by atoms with van der Waals surface area (Å²) in [5, 5.41) is 17.0. The molecule has 0 amide bonds. The minimum Gasteiger partial charge on any atom is -0.478 e. The largest absolute Gasteiger partial charge is 0.478 e. The van der Waals surface area contributed by atoms with E-state index in [0.29, 0.717) is 0 Å². The van der Waals surface area contributed by atoms with Crippen LogP contribution in [0.5, 0.6) is 0 Å². The van der Waals surface area contributed by atoms with Crippen LogP contribution in [0.1, 0.15) is 6.92 Å². The van der Waals surface area contributed by atoms with Gasteiger partial charge in [-0.15, -0.1) is 0 Å². The number of rotatable bonds is 3. The molecule has 0 saturated carbocycles. The highest BCUT2D eigenvalue weighted by molar-refractivity contribution is 5.79. The number of hydrogen-bond acceptors (Lipinski definition) is 2.